The summed E-state index contributed by atoms with van der Waals surface area (Å²) in [6.07, 6.45) is 3.47. The molecular weight excluding hydrogens is 176 g/mol. The summed E-state index contributed by atoms with van der Waals surface area (Å²) in [5, 5.41) is 0. The standard InChI is InChI=1S/C11H24N2O/c1-4-10(2)13(3)11(8-12)6-5-7-14-9-11/h10H,4-9,12H2,1-3H3. The Balaban J connectivity index is 2.66. The van der Waals surface area contributed by atoms with Crippen molar-refractivity contribution >= 4 is 0 Å². The van der Waals surface area contributed by atoms with Crippen molar-refractivity contribution in [2.24, 2.45) is 5.73 Å². The van der Waals surface area contributed by atoms with Crippen molar-refractivity contribution in [3.63, 3.8) is 0 Å². The summed E-state index contributed by atoms with van der Waals surface area (Å²) >= 11 is 0. The van der Waals surface area contributed by atoms with Crippen molar-refractivity contribution in [1.82, 2.24) is 4.90 Å². The molecular formula is C11H24N2O. The Morgan fingerprint density at radius 3 is 2.71 bits per heavy atom. The van der Waals surface area contributed by atoms with Crippen LogP contribution in [-0.4, -0.2) is 43.3 Å². The summed E-state index contributed by atoms with van der Waals surface area (Å²) in [5.41, 5.74) is 6.00. The topological polar surface area (TPSA) is 38.5 Å². The molecule has 2 N–H and O–H groups in total. The van der Waals surface area contributed by atoms with E-state index in [1.807, 2.05) is 0 Å². The molecule has 14 heavy (non-hydrogen) atoms. The Kier molecular flexibility index (Phi) is 4.35. The van der Waals surface area contributed by atoms with Gasteiger partial charge in [0.25, 0.3) is 0 Å². The second-order valence-corrected chi connectivity index (χ2v) is 4.45. The highest BCUT2D eigenvalue weighted by molar-refractivity contribution is 4.94. The zero-order valence-electron chi connectivity index (χ0n) is 9.75. The largest absolute Gasteiger partial charge is 0.379 e. The van der Waals surface area contributed by atoms with Crippen LogP contribution in [0.1, 0.15) is 33.1 Å². The predicted octanol–water partition coefficient (Wildman–Crippen LogP) is 1.22. The van der Waals surface area contributed by atoms with Gasteiger partial charge >= 0.3 is 0 Å². The maximum atomic E-state index is 5.91. The van der Waals surface area contributed by atoms with Crippen LogP contribution in [0.25, 0.3) is 0 Å². The normalized spacial score (nSPS) is 30.6. The number of hydrogen-bond donors (Lipinski definition) is 1. The molecule has 3 heteroatoms. The number of hydrogen-bond acceptors (Lipinski definition) is 3. The maximum absolute atomic E-state index is 5.91. The minimum Gasteiger partial charge on any atom is -0.379 e. The van der Waals surface area contributed by atoms with Gasteiger partial charge in [0.15, 0.2) is 0 Å². The first-order valence-electron chi connectivity index (χ1n) is 5.67. The molecule has 0 amide bonds. The van der Waals surface area contributed by atoms with Crippen LogP contribution < -0.4 is 5.73 Å². The summed E-state index contributed by atoms with van der Waals surface area (Å²) < 4.78 is 5.57. The van der Waals surface area contributed by atoms with Gasteiger partial charge in [0.2, 0.25) is 0 Å². The number of ether oxygens (including phenoxy) is 1. The van der Waals surface area contributed by atoms with Crippen molar-refractivity contribution in [2.75, 3.05) is 26.8 Å². The van der Waals surface area contributed by atoms with Gasteiger partial charge in [-0.05, 0) is 33.2 Å². The van der Waals surface area contributed by atoms with E-state index in [1.165, 1.54) is 6.42 Å². The first-order valence-corrected chi connectivity index (χ1v) is 5.67. The molecule has 0 aromatic carbocycles. The second kappa shape index (κ2) is 5.10. The van der Waals surface area contributed by atoms with Crippen molar-refractivity contribution in [1.29, 1.82) is 0 Å². The molecule has 1 saturated heterocycles. The van der Waals surface area contributed by atoms with Crippen LogP contribution in [-0.2, 0) is 4.74 Å². The Hall–Kier alpha value is -0.120. The van der Waals surface area contributed by atoms with E-state index in [0.717, 1.165) is 26.1 Å². The van der Waals surface area contributed by atoms with Crippen LogP contribution in [0.3, 0.4) is 0 Å². The van der Waals surface area contributed by atoms with Gasteiger partial charge in [-0.1, -0.05) is 6.92 Å². The Morgan fingerprint density at radius 2 is 2.29 bits per heavy atom. The number of nitrogens with two attached hydrogens (primary N) is 1. The van der Waals surface area contributed by atoms with E-state index < -0.39 is 0 Å². The third-order valence-electron chi connectivity index (χ3n) is 3.68. The van der Waals surface area contributed by atoms with Gasteiger partial charge in [-0.2, -0.15) is 0 Å². The molecule has 0 saturated carbocycles. The molecule has 1 aliphatic rings. The van der Waals surface area contributed by atoms with Crippen LogP contribution in [0.5, 0.6) is 0 Å². The van der Waals surface area contributed by atoms with Gasteiger partial charge in [-0.15, -0.1) is 0 Å². The molecule has 0 aromatic rings. The third-order valence-corrected chi connectivity index (χ3v) is 3.68. The Morgan fingerprint density at radius 1 is 1.57 bits per heavy atom. The van der Waals surface area contributed by atoms with E-state index in [0.29, 0.717) is 12.6 Å². The van der Waals surface area contributed by atoms with Crippen molar-refractivity contribution in [3.05, 3.63) is 0 Å². The molecule has 3 nitrogen and oxygen atoms in total. The molecule has 0 bridgehead atoms. The summed E-state index contributed by atoms with van der Waals surface area (Å²) in [5.74, 6) is 0. The van der Waals surface area contributed by atoms with Crippen LogP contribution >= 0.6 is 0 Å². The zero-order valence-corrected chi connectivity index (χ0v) is 9.75. The molecule has 2 atom stereocenters. The highest BCUT2D eigenvalue weighted by Gasteiger charge is 2.37. The molecule has 1 heterocycles. The predicted molar refractivity (Wildman–Crippen MR) is 59.4 cm³/mol. The molecule has 2 unspecified atom stereocenters. The minimum absolute atomic E-state index is 0.0909. The molecule has 0 radical (unpaired) electrons. The monoisotopic (exact) mass is 200 g/mol. The molecule has 0 aromatic heterocycles. The van der Waals surface area contributed by atoms with E-state index >= 15 is 0 Å². The van der Waals surface area contributed by atoms with E-state index in [4.69, 9.17) is 10.5 Å². The third kappa shape index (κ3) is 2.27. The van der Waals surface area contributed by atoms with Gasteiger partial charge in [0.05, 0.1) is 12.1 Å². The summed E-state index contributed by atoms with van der Waals surface area (Å²) in [6.45, 7) is 6.87. The zero-order chi connectivity index (χ0) is 10.6. The summed E-state index contributed by atoms with van der Waals surface area (Å²) in [6, 6.07) is 0.584. The smallest absolute Gasteiger partial charge is 0.0662 e. The van der Waals surface area contributed by atoms with Crippen LogP contribution in [0, 0.1) is 0 Å². The Labute approximate surface area is 87.6 Å². The molecule has 1 aliphatic heterocycles. The second-order valence-electron chi connectivity index (χ2n) is 4.45. The quantitative estimate of drug-likeness (QED) is 0.741. The maximum Gasteiger partial charge on any atom is 0.0662 e. The average Bonchev–Trinajstić information content (AvgIpc) is 2.28. The molecule has 1 rings (SSSR count). The number of likely N-dealkylation sites (N-methyl/N-ethyl adjacent to an activating group) is 1. The van der Waals surface area contributed by atoms with E-state index in [2.05, 4.69) is 25.8 Å². The minimum atomic E-state index is 0.0909. The lowest BCUT2D eigenvalue weighted by atomic mass is 9.89. The Bertz CT molecular complexity index is 167. The highest BCUT2D eigenvalue weighted by Crippen LogP contribution is 2.26. The molecule has 0 aliphatic carbocycles. The van der Waals surface area contributed by atoms with Gasteiger partial charge in [-0.25, -0.2) is 0 Å². The van der Waals surface area contributed by atoms with Gasteiger partial charge in [0.1, 0.15) is 0 Å². The van der Waals surface area contributed by atoms with Crippen LogP contribution in [0.4, 0.5) is 0 Å². The number of rotatable bonds is 4. The van der Waals surface area contributed by atoms with Crippen LogP contribution in [0.15, 0.2) is 0 Å². The fourth-order valence-corrected chi connectivity index (χ4v) is 2.16. The van der Waals surface area contributed by atoms with Crippen molar-refractivity contribution in [3.8, 4) is 0 Å². The fourth-order valence-electron chi connectivity index (χ4n) is 2.16. The van der Waals surface area contributed by atoms with Crippen LogP contribution in [0.2, 0.25) is 0 Å². The SMILES string of the molecule is CCC(C)N(C)C1(CN)CCCOC1. The number of nitrogens with zero attached hydrogens (tertiary/aromatic N) is 1. The van der Waals surface area contributed by atoms with E-state index in [-0.39, 0.29) is 5.54 Å². The highest BCUT2D eigenvalue weighted by atomic mass is 16.5. The van der Waals surface area contributed by atoms with Crippen molar-refractivity contribution in [2.45, 2.75) is 44.7 Å². The van der Waals surface area contributed by atoms with Crippen molar-refractivity contribution < 1.29 is 4.74 Å². The van der Waals surface area contributed by atoms with Gasteiger partial charge in [0, 0.05) is 19.2 Å². The first kappa shape index (κ1) is 12.0. The lowest BCUT2D eigenvalue weighted by Crippen LogP contribution is -2.59. The lowest BCUT2D eigenvalue weighted by molar-refractivity contribution is -0.0486. The first-order chi connectivity index (χ1) is 6.66. The van der Waals surface area contributed by atoms with Gasteiger partial charge < -0.3 is 10.5 Å². The van der Waals surface area contributed by atoms with Gasteiger partial charge in [-0.3, -0.25) is 4.90 Å². The molecule has 1 fully saturated rings. The summed E-state index contributed by atoms with van der Waals surface area (Å²) in [7, 11) is 2.18. The van der Waals surface area contributed by atoms with E-state index in [9.17, 15) is 0 Å². The fraction of sp³-hybridized carbons (Fsp3) is 1.00. The lowest BCUT2D eigenvalue weighted by Gasteiger charge is -2.46. The molecule has 0 spiro atoms. The van der Waals surface area contributed by atoms with E-state index in [1.54, 1.807) is 0 Å². The summed E-state index contributed by atoms with van der Waals surface area (Å²) in [4.78, 5) is 2.41. The molecule has 84 valence electrons. The average molecular weight is 200 g/mol.